The molecular formula is C16H21N3O4S. The lowest BCUT2D eigenvalue weighted by Gasteiger charge is -2.15. The number of carbonyl (C=O) groups is 2. The van der Waals surface area contributed by atoms with Gasteiger partial charge >= 0.3 is 5.97 Å². The molecule has 0 aliphatic carbocycles. The topological polar surface area (TPSA) is 94.3 Å². The van der Waals surface area contributed by atoms with Crippen LogP contribution in [0.2, 0.25) is 0 Å². The Labute approximate surface area is 144 Å². The summed E-state index contributed by atoms with van der Waals surface area (Å²) in [6.45, 7) is 7.23. The third-order valence-corrected chi connectivity index (χ3v) is 4.12. The van der Waals surface area contributed by atoms with E-state index in [0.717, 1.165) is 4.88 Å². The van der Waals surface area contributed by atoms with Crippen LogP contribution in [0.4, 0.5) is 0 Å². The second-order valence-corrected chi connectivity index (χ2v) is 7.37. The second-order valence-electron chi connectivity index (χ2n) is 6.40. The van der Waals surface area contributed by atoms with E-state index in [2.05, 4.69) is 15.5 Å². The van der Waals surface area contributed by atoms with Crippen LogP contribution in [-0.2, 0) is 26.3 Å². The van der Waals surface area contributed by atoms with Gasteiger partial charge in [-0.3, -0.25) is 9.59 Å². The van der Waals surface area contributed by atoms with E-state index in [0.29, 0.717) is 5.82 Å². The molecule has 7 nitrogen and oxygen atoms in total. The summed E-state index contributed by atoms with van der Waals surface area (Å²) in [6, 6.07) is 3.33. The number of rotatable bonds is 6. The maximum absolute atomic E-state index is 12.0. The zero-order chi connectivity index (χ0) is 17.7. The van der Waals surface area contributed by atoms with Crippen molar-refractivity contribution in [1.29, 1.82) is 0 Å². The molecule has 0 bridgehead atoms. The molecule has 8 heteroatoms. The van der Waals surface area contributed by atoms with Gasteiger partial charge in [0.05, 0.1) is 12.5 Å². The highest BCUT2D eigenvalue weighted by Gasteiger charge is 2.22. The Morgan fingerprint density at radius 2 is 2.17 bits per heavy atom. The highest BCUT2D eigenvalue weighted by atomic mass is 32.1. The first kappa shape index (κ1) is 18.1. The monoisotopic (exact) mass is 351 g/mol. The lowest BCUT2D eigenvalue weighted by Crippen LogP contribution is -2.28. The molecule has 0 fully saturated rings. The minimum atomic E-state index is -0.447. The van der Waals surface area contributed by atoms with Gasteiger partial charge < -0.3 is 14.6 Å². The minimum Gasteiger partial charge on any atom is -0.455 e. The molecule has 1 N–H and O–H groups in total. The number of esters is 1. The van der Waals surface area contributed by atoms with Gasteiger partial charge in [-0.05, 0) is 11.4 Å². The normalized spacial score (nSPS) is 12.7. The van der Waals surface area contributed by atoms with Gasteiger partial charge in [0.2, 0.25) is 5.91 Å². The van der Waals surface area contributed by atoms with Crippen LogP contribution < -0.4 is 5.32 Å². The van der Waals surface area contributed by atoms with Gasteiger partial charge in [0.15, 0.2) is 12.4 Å². The molecule has 2 heterocycles. The molecule has 2 aromatic rings. The fraction of sp³-hybridized carbons (Fsp3) is 0.500. The summed E-state index contributed by atoms with van der Waals surface area (Å²) in [5.41, 5.74) is -0.235. The lowest BCUT2D eigenvalue weighted by molar-refractivity contribution is -0.146. The van der Waals surface area contributed by atoms with Crippen LogP contribution in [0.1, 0.15) is 56.7 Å². The van der Waals surface area contributed by atoms with Gasteiger partial charge in [0.1, 0.15) is 0 Å². The molecule has 0 aliphatic rings. The van der Waals surface area contributed by atoms with Crippen molar-refractivity contribution in [1.82, 2.24) is 15.5 Å². The standard InChI is InChI=1S/C16H21N3O4S/c1-10(20)17-11(12-6-5-7-24-12)8-14(21)22-9-13-18-15(19-23-13)16(2,3)4/h5-7,11H,8-9H2,1-4H3,(H,17,20). The quantitative estimate of drug-likeness (QED) is 0.804. The molecule has 0 saturated heterocycles. The van der Waals surface area contributed by atoms with E-state index in [9.17, 15) is 9.59 Å². The van der Waals surface area contributed by atoms with E-state index in [1.54, 1.807) is 0 Å². The van der Waals surface area contributed by atoms with Crippen LogP contribution in [0.25, 0.3) is 0 Å². The van der Waals surface area contributed by atoms with Crippen LogP contribution in [0.15, 0.2) is 22.0 Å². The number of nitrogens with zero attached hydrogens (tertiary/aromatic N) is 2. The summed E-state index contributed by atoms with van der Waals surface area (Å²) in [6.07, 6.45) is 0.0420. The molecule has 1 atom stereocenters. The largest absolute Gasteiger partial charge is 0.455 e. The van der Waals surface area contributed by atoms with Crippen LogP contribution in [-0.4, -0.2) is 22.0 Å². The highest BCUT2D eigenvalue weighted by molar-refractivity contribution is 7.10. The number of thiophene rings is 1. The molecule has 0 aromatic carbocycles. The fourth-order valence-corrected chi connectivity index (χ4v) is 2.72. The van der Waals surface area contributed by atoms with E-state index < -0.39 is 12.0 Å². The predicted octanol–water partition coefficient (Wildman–Crippen LogP) is 2.74. The number of ether oxygens (including phenoxy) is 1. The highest BCUT2D eigenvalue weighted by Crippen LogP contribution is 2.23. The number of nitrogens with one attached hydrogen (secondary N) is 1. The van der Waals surface area contributed by atoms with Crippen molar-refractivity contribution in [2.45, 2.75) is 52.2 Å². The summed E-state index contributed by atoms with van der Waals surface area (Å²) in [5, 5.41) is 8.52. The van der Waals surface area contributed by atoms with Crippen molar-refractivity contribution in [3.05, 3.63) is 34.1 Å². The van der Waals surface area contributed by atoms with E-state index in [1.807, 2.05) is 38.3 Å². The van der Waals surface area contributed by atoms with Gasteiger partial charge in [0.25, 0.3) is 5.89 Å². The Bertz CT molecular complexity index is 688. The number of aromatic nitrogens is 2. The molecule has 2 rings (SSSR count). The van der Waals surface area contributed by atoms with E-state index >= 15 is 0 Å². The Morgan fingerprint density at radius 3 is 2.71 bits per heavy atom. The maximum atomic E-state index is 12.0. The van der Waals surface area contributed by atoms with Crippen molar-refractivity contribution >= 4 is 23.2 Å². The Balaban J connectivity index is 1.91. The number of hydrogen-bond acceptors (Lipinski definition) is 7. The van der Waals surface area contributed by atoms with Crippen molar-refractivity contribution in [3.63, 3.8) is 0 Å². The van der Waals surface area contributed by atoms with Gasteiger partial charge in [-0.25, -0.2) is 0 Å². The zero-order valence-electron chi connectivity index (χ0n) is 14.2. The van der Waals surface area contributed by atoms with Gasteiger partial charge in [0, 0.05) is 17.2 Å². The van der Waals surface area contributed by atoms with Crippen LogP contribution >= 0.6 is 11.3 Å². The van der Waals surface area contributed by atoms with E-state index in [4.69, 9.17) is 9.26 Å². The molecular weight excluding hydrogens is 330 g/mol. The first-order valence-corrected chi connectivity index (χ1v) is 8.43. The lowest BCUT2D eigenvalue weighted by atomic mass is 9.96. The molecule has 0 aliphatic heterocycles. The van der Waals surface area contributed by atoms with E-state index in [-0.39, 0.29) is 30.2 Å². The maximum Gasteiger partial charge on any atom is 0.308 e. The van der Waals surface area contributed by atoms with Gasteiger partial charge in [-0.2, -0.15) is 4.98 Å². The average molecular weight is 351 g/mol. The molecule has 0 radical (unpaired) electrons. The summed E-state index contributed by atoms with van der Waals surface area (Å²) in [5.74, 6) is 0.161. The van der Waals surface area contributed by atoms with Crippen LogP contribution in [0.5, 0.6) is 0 Å². The Hall–Kier alpha value is -2.22. The van der Waals surface area contributed by atoms with Crippen LogP contribution in [0, 0.1) is 0 Å². The molecule has 24 heavy (non-hydrogen) atoms. The molecule has 1 unspecified atom stereocenters. The summed E-state index contributed by atoms with van der Waals surface area (Å²) < 4.78 is 10.3. The van der Waals surface area contributed by atoms with Gasteiger partial charge in [-0.15, -0.1) is 11.3 Å². The summed E-state index contributed by atoms with van der Waals surface area (Å²) in [4.78, 5) is 28.5. The Kier molecular flexibility index (Phi) is 5.71. The van der Waals surface area contributed by atoms with Crippen molar-refractivity contribution < 1.29 is 18.8 Å². The molecule has 0 spiro atoms. The average Bonchev–Trinajstić information content (AvgIpc) is 3.15. The molecule has 1 amide bonds. The fourth-order valence-electron chi connectivity index (χ4n) is 1.94. The third kappa shape index (κ3) is 5.16. The molecule has 2 aromatic heterocycles. The first-order chi connectivity index (χ1) is 11.3. The third-order valence-electron chi connectivity index (χ3n) is 3.13. The smallest absolute Gasteiger partial charge is 0.308 e. The zero-order valence-corrected chi connectivity index (χ0v) is 15.0. The number of carbonyl (C=O) groups excluding carboxylic acids is 2. The second kappa shape index (κ2) is 7.57. The van der Waals surface area contributed by atoms with Crippen molar-refractivity contribution in [3.8, 4) is 0 Å². The Morgan fingerprint density at radius 1 is 1.42 bits per heavy atom. The number of amides is 1. The predicted molar refractivity (Wildman–Crippen MR) is 88.3 cm³/mol. The molecule has 130 valence electrons. The number of hydrogen-bond donors (Lipinski definition) is 1. The first-order valence-electron chi connectivity index (χ1n) is 7.55. The SMILES string of the molecule is CC(=O)NC(CC(=O)OCc1nc(C(C)(C)C)no1)c1cccs1. The summed E-state index contributed by atoms with van der Waals surface area (Å²) >= 11 is 1.47. The van der Waals surface area contributed by atoms with Crippen molar-refractivity contribution in [2.75, 3.05) is 0 Å². The summed E-state index contributed by atoms with van der Waals surface area (Å²) in [7, 11) is 0. The van der Waals surface area contributed by atoms with Crippen molar-refractivity contribution in [2.24, 2.45) is 0 Å². The van der Waals surface area contributed by atoms with Gasteiger partial charge in [-0.1, -0.05) is 32.0 Å². The van der Waals surface area contributed by atoms with E-state index in [1.165, 1.54) is 18.3 Å². The van der Waals surface area contributed by atoms with Crippen LogP contribution in [0.3, 0.4) is 0 Å². The minimum absolute atomic E-state index is 0.0420. The molecule has 0 saturated carbocycles.